The quantitative estimate of drug-likeness (QED) is 0.157. The summed E-state index contributed by atoms with van der Waals surface area (Å²) in [7, 11) is 0. The number of rotatable bonds is 9. The maximum atomic E-state index is 13.3. The van der Waals surface area contributed by atoms with Crippen LogP contribution in [0.5, 0.6) is 0 Å². The molecule has 210 valence electrons. The van der Waals surface area contributed by atoms with E-state index in [1.165, 1.54) is 11.6 Å². The maximum absolute atomic E-state index is 13.3. The number of nitrogens with one attached hydrogen (secondary N) is 1. The number of aryl methyl sites for hydroxylation is 1. The zero-order valence-corrected chi connectivity index (χ0v) is 23.0. The van der Waals surface area contributed by atoms with Crippen LogP contribution < -0.4 is 17.0 Å². The molecule has 2 aromatic carbocycles. The van der Waals surface area contributed by atoms with Crippen LogP contribution in [-0.2, 0) is 19.0 Å². The van der Waals surface area contributed by atoms with E-state index in [9.17, 15) is 13.2 Å². The topological polar surface area (TPSA) is 116 Å². The molecule has 0 saturated carbocycles. The summed E-state index contributed by atoms with van der Waals surface area (Å²) in [5.74, 6) is 8.44. The fourth-order valence-corrected chi connectivity index (χ4v) is 3.72. The van der Waals surface area contributed by atoms with Crippen LogP contribution in [-0.4, -0.2) is 26.7 Å². The van der Waals surface area contributed by atoms with Crippen LogP contribution in [0.1, 0.15) is 36.6 Å². The lowest BCUT2D eigenvalue weighted by molar-refractivity contribution is -0.137. The molecule has 2 aromatic heterocycles. The minimum absolute atomic E-state index is 0. The third-order valence-corrected chi connectivity index (χ3v) is 5.57. The van der Waals surface area contributed by atoms with Gasteiger partial charge in [0.15, 0.2) is 0 Å². The number of alkyl halides is 3. The van der Waals surface area contributed by atoms with Crippen LogP contribution in [0.2, 0.25) is 0 Å². The summed E-state index contributed by atoms with van der Waals surface area (Å²) >= 11 is 0. The Morgan fingerprint density at radius 2 is 1.62 bits per heavy atom. The number of anilines is 1. The number of halogens is 5. The van der Waals surface area contributed by atoms with Gasteiger partial charge in [-0.25, -0.2) is 9.97 Å². The van der Waals surface area contributed by atoms with Crippen molar-refractivity contribution >= 4 is 30.8 Å². The van der Waals surface area contributed by atoms with Crippen LogP contribution >= 0.6 is 24.8 Å². The molecule has 0 aliphatic rings. The van der Waals surface area contributed by atoms with Crippen molar-refractivity contribution in [3.8, 4) is 22.5 Å². The Balaban J connectivity index is 0.00000186. The molecule has 2 heterocycles. The molecule has 0 atom stereocenters. The average molecular weight is 583 g/mol. The van der Waals surface area contributed by atoms with E-state index in [1.807, 2.05) is 24.3 Å². The number of hydrazine groups is 1. The first-order valence-corrected chi connectivity index (χ1v) is 11.9. The summed E-state index contributed by atoms with van der Waals surface area (Å²) in [6.45, 7) is 2.73. The predicted octanol–water partition coefficient (Wildman–Crippen LogP) is 6.28. The number of benzene rings is 2. The Labute approximate surface area is 238 Å². The first kappa shape index (κ1) is 33.7. The SMILES string of the molecule is CCCCc1cc(-c2ccnc(NCCc3ccccc3)n2)c(-c2cccc(C(F)(F)F)c2)nn1.Cl.Cl.NN. The summed E-state index contributed by atoms with van der Waals surface area (Å²) in [5.41, 5.74) is 3.12. The third-order valence-electron chi connectivity index (χ3n) is 5.57. The number of hydrogen-bond donors (Lipinski definition) is 3. The van der Waals surface area contributed by atoms with Crippen LogP contribution in [0.3, 0.4) is 0 Å². The van der Waals surface area contributed by atoms with Crippen molar-refractivity contribution < 1.29 is 13.2 Å². The Kier molecular flexibility index (Phi) is 14.4. The van der Waals surface area contributed by atoms with E-state index in [0.29, 0.717) is 35.0 Å². The van der Waals surface area contributed by atoms with Gasteiger partial charge in [-0.15, -0.1) is 29.9 Å². The zero-order chi connectivity index (χ0) is 26.7. The highest BCUT2D eigenvalue weighted by atomic mass is 35.5. The molecule has 0 fully saturated rings. The number of nitrogens with two attached hydrogens (primary N) is 2. The van der Waals surface area contributed by atoms with Crippen molar-refractivity contribution in [3.05, 3.63) is 89.7 Å². The predicted molar refractivity (Wildman–Crippen MR) is 154 cm³/mol. The summed E-state index contributed by atoms with van der Waals surface area (Å²) in [6.07, 6.45) is 0.654. The molecular formula is C27H32Cl2F3N7. The number of unbranched alkanes of at least 4 members (excludes halogenated alkanes) is 1. The van der Waals surface area contributed by atoms with E-state index >= 15 is 0 Å². The molecule has 7 nitrogen and oxygen atoms in total. The van der Waals surface area contributed by atoms with Gasteiger partial charge >= 0.3 is 6.18 Å². The highest BCUT2D eigenvalue weighted by molar-refractivity contribution is 5.85. The van der Waals surface area contributed by atoms with Gasteiger partial charge in [-0.2, -0.15) is 18.3 Å². The van der Waals surface area contributed by atoms with Gasteiger partial charge in [0.1, 0.15) is 5.69 Å². The van der Waals surface area contributed by atoms with E-state index in [4.69, 9.17) is 0 Å². The highest BCUT2D eigenvalue weighted by Crippen LogP contribution is 2.35. The van der Waals surface area contributed by atoms with Gasteiger partial charge in [0.2, 0.25) is 5.95 Å². The van der Waals surface area contributed by atoms with Crippen molar-refractivity contribution in [1.29, 1.82) is 0 Å². The zero-order valence-electron chi connectivity index (χ0n) is 21.4. The van der Waals surface area contributed by atoms with E-state index in [0.717, 1.165) is 43.5 Å². The summed E-state index contributed by atoms with van der Waals surface area (Å²) < 4.78 is 40.0. The number of hydrogen-bond acceptors (Lipinski definition) is 7. The number of nitrogens with zero attached hydrogens (tertiary/aromatic N) is 4. The molecule has 0 unspecified atom stereocenters. The largest absolute Gasteiger partial charge is 0.416 e. The molecule has 4 rings (SSSR count). The van der Waals surface area contributed by atoms with Crippen LogP contribution in [0.25, 0.3) is 22.5 Å². The highest BCUT2D eigenvalue weighted by Gasteiger charge is 2.31. The lowest BCUT2D eigenvalue weighted by Crippen LogP contribution is -2.08. The molecule has 0 amide bonds. The molecule has 0 radical (unpaired) electrons. The summed E-state index contributed by atoms with van der Waals surface area (Å²) in [5, 5.41) is 11.9. The van der Waals surface area contributed by atoms with Crippen molar-refractivity contribution in [3.63, 3.8) is 0 Å². The molecule has 5 N–H and O–H groups in total. The molecule has 0 saturated heterocycles. The molecule has 12 heteroatoms. The van der Waals surface area contributed by atoms with E-state index in [2.05, 4.69) is 56.2 Å². The standard InChI is InChI=1S/C27H26F3N5.2ClH.H4N2/c1-2-3-12-22-18-23(25(35-34-22)20-10-7-11-21(17-20)27(28,29)30)24-14-16-32-26(33-24)31-15-13-19-8-5-4-6-9-19;;;1-2/h4-11,14,16-18H,2-3,12-13,15H2,1H3,(H,31,32,33);2*1H;1-2H2. The molecular weight excluding hydrogens is 550 g/mol. The van der Waals surface area contributed by atoms with Crippen molar-refractivity contribution in [2.45, 2.75) is 38.8 Å². The van der Waals surface area contributed by atoms with Gasteiger partial charge in [0.05, 0.1) is 17.0 Å². The molecule has 39 heavy (non-hydrogen) atoms. The minimum atomic E-state index is -4.45. The third kappa shape index (κ3) is 9.74. The van der Waals surface area contributed by atoms with Gasteiger partial charge in [0.25, 0.3) is 0 Å². The lowest BCUT2D eigenvalue weighted by atomic mass is 10.0. The molecule has 0 aliphatic heterocycles. The summed E-state index contributed by atoms with van der Waals surface area (Å²) in [6, 6.07) is 18.8. The molecule has 0 spiro atoms. The van der Waals surface area contributed by atoms with Gasteiger partial charge in [-0.1, -0.05) is 55.8 Å². The van der Waals surface area contributed by atoms with Crippen molar-refractivity contribution in [1.82, 2.24) is 20.2 Å². The molecule has 0 bridgehead atoms. The van der Waals surface area contributed by atoms with E-state index < -0.39 is 11.7 Å². The summed E-state index contributed by atoms with van der Waals surface area (Å²) in [4.78, 5) is 8.95. The second-order valence-corrected chi connectivity index (χ2v) is 8.21. The van der Waals surface area contributed by atoms with Crippen LogP contribution in [0.4, 0.5) is 19.1 Å². The van der Waals surface area contributed by atoms with E-state index in [1.54, 1.807) is 18.3 Å². The van der Waals surface area contributed by atoms with Gasteiger partial charge in [-0.05, 0) is 49.1 Å². The van der Waals surface area contributed by atoms with Crippen LogP contribution in [0, 0.1) is 0 Å². The monoisotopic (exact) mass is 581 g/mol. The first-order chi connectivity index (χ1) is 17.9. The number of aromatic nitrogens is 4. The Morgan fingerprint density at radius 1 is 0.872 bits per heavy atom. The molecule has 0 aliphatic carbocycles. The lowest BCUT2D eigenvalue weighted by Gasteiger charge is -2.13. The fourth-order valence-electron chi connectivity index (χ4n) is 3.72. The fraction of sp³-hybridized carbons (Fsp3) is 0.259. The average Bonchev–Trinajstić information content (AvgIpc) is 2.93. The molecule has 4 aromatic rings. The normalized spacial score (nSPS) is 10.4. The second-order valence-electron chi connectivity index (χ2n) is 8.21. The Morgan fingerprint density at radius 3 is 2.31 bits per heavy atom. The maximum Gasteiger partial charge on any atom is 0.416 e. The Hall–Kier alpha value is -3.31. The Bertz CT molecular complexity index is 1280. The van der Waals surface area contributed by atoms with E-state index in [-0.39, 0.29) is 24.8 Å². The van der Waals surface area contributed by atoms with Gasteiger partial charge in [-0.3, -0.25) is 11.7 Å². The van der Waals surface area contributed by atoms with Crippen LogP contribution in [0.15, 0.2) is 72.9 Å². The smallest absolute Gasteiger partial charge is 0.354 e. The van der Waals surface area contributed by atoms with Gasteiger partial charge in [0, 0.05) is 23.9 Å². The second kappa shape index (κ2) is 16.6. The van der Waals surface area contributed by atoms with Gasteiger partial charge < -0.3 is 5.32 Å². The van der Waals surface area contributed by atoms with Crippen molar-refractivity contribution in [2.24, 2.45) is 11.7 Å². The first-order valence-electron chi connectivity index (χ1n) is 11.9. The minimum Gasteiger partial charge on any atom is -0.354 e. The van der Waals surface area contributed by atoms with Crippen molar-refractivity contribution in [2.75, 3.05) is 11.9 Å².